The number of rotatable bonds is 14. The molecule has 0 saturated carbocycles. The maximum Gasteiger partial charge on any atom is 0.310 e. The highest BCUT2D eigenvalue weighted by Crippen LogP contribution is 2.68. The molecule has 1 aromatic rings. The number of ether oxygens (including phenoxy) is 1. The average Bonchev–Trinajstić information content (AvgIpc) is 3.54. The van der Waals surface area contributed by atoms with E-state index in [1.54, 1.807) is 22.7 Å². The second-order valence-electron chi connectivity index (χ2n) is 14.3. The third kappa shape index (κ3) is 6.57. The van der Waals surface area contributed by atoms with E-state index in [1.165, 1.54) is 0 Å². The molecule has 2 bridgehead atoms. The minimum atomic E-state index is -0.878. The van der Waals surface area contributed by atoms with E-state index in [1.807, 2.05) is 41.3 Å². The van der Waals surface area contributed by atoms with Gasteiger partial charge in [0.1, 0.15) is 6.04 Å². The molecule has 3 saturated heterocycles. The first-order valence-corrected chi connectivity index (χ1v) is 17.5. The Bertz CT molecular complexity index is 1230. The topological polar surface area (TPSA) is 87.1 Å². The standard InChI is InChI=1S/C35H49BrN2O5S/c1-8-10-11-15-19-43-32(42)26-27-30(40)38(25(21-39)23-16-13-12-14-17-23)29(35(27)20-24(36)28(26)44-35)31(41)37(18-9-2)34(6,7)22-33(3,4)5/h8-9,12-14,16-17,24-29,39H,1-2,10-11,15,18-22H2,3-7H3/t24?,25-,26+,27+,28+,29?,35?/m1/s1. The number of hydrogen-bond acceptors (Lipinski definition) is 6. The van der Waals surface area contributed by atoms with E-state index in [0.29, 0.717) is 13.0 Å². The number of likely N-dealkylation sites (tertiary alicyclic amines) is 1. The number of amides is 2. The van der Waals surface area contributed by atoms with Crippen LogP contribution in [0.5, 0.6) is 0 Å². The van der Waals surface area contributed by atoms with Gasteiger partial charge in [-0.25, -0.2) is 0 Å². The normalized spacial score (nSPS) is 28.5. The summed E-state index contributed by atoms with van der Waals surface area (Å²) in [6.45, 7) is 18.6. The summed E-state index contributed by atoms with van der Waals surface area (Å²) in [5.41, 5.74) is 0.139. The highest BCUT2D eigenvalue weighted by atomic mass is 79.9. The Morgan fingerprint density at radius 2 is 1.86 bits per heavy atom. The molecule has 3 heterocycles. The van der Waals surface area contributed by atoms with Gasteiger partial charge in [-0.3, -0.25) is 14.4 Å². The molecule has 1 N–H and O–H groups in total. The van der Waals surface area contributed by atoms with Crippen molar-refractivity contribution in [2.24, 2.45) is 17.3 Å². The van der Waals surface area contributed by atoms with Gasteiger partial charge in [-0.05, 0) is 56.9 Å². The van der Waals surface area contributed by atoms with E-state index < -0.39 is 34.2 Å². The van der Waals surface area contributed by atoms with Gasteiger partial charge in [0, 0.05) is 22.2 Å². The van der Waals surface area contributed by atoms with Gasteiger partial charge in [-0.15, -0.1) is 24.9 Å². The van der Waals surface area contributed by atoms with Crippen molar-refractivity contribution in [3.05, 3.63) is 61.2 Å². The Hall–Kier alpha value is -2.10. The number of carbonyl (C=O) groups is 3. The molecule has 7 atom stereocenters. The maximum absolute atomic E-state index is 15.1. The van der Waals surface area contributed by atoms with Crippen molar-refractivity contribution in [1.29, 1.82) is 0 Å². The van der Waals surface area contributed by atoms with Crippen LogP contribution >= 0.6 is 27.7 Å². The molecule has 0 radical (unpaired) electrons. The van der Waals surface area contributed by atoms with Crippen LogP contribution in [0.4, 0.5) is 0 Å². The van der Waals surface area contributed by atoms with Crippen LogP contribution in [0.1, 0.15) is 78.3 Å². The van der Waals surface area contributed by atoms with E-state index in [9.17, 15) is 14.7 Å². The van der Waals surface area contributed by atoms with Crippen molar-refractivity contribution in [3.8, 4) is 0 Å². The molecule has 44 heavy (non-hydrogen) atoms. The quantitative estimate of drug-likeness (QED) is 0.107. The fourth-order valence-electron chi connectivity index (χ4n) is 7.95. The van der Waals surface area contributed by atoms with Gasteiger partial charge in [0.05, 0.1) is 35.8 Å². The number of alkyl halides is 1. The number of halogens is 1. The number of unbranched alkanes of at least 4 members (excludes halogenated alkanes) is 2. The van der Waals surface area contributed by atoms with Crippen LogP contribution in [0.2, 0.25) is 0 Å². The van der Waals surface area contributed by atoms with Gasteiger partial charge in [-0.1, -0.05) is 79.2 Å². The Labute approximate surface area is 276 Å². The third-order valence-corrected chi connectivity index (χ3v) is 12.5. The molecule has 242 valence electrons. The summed E-state index contributed by atoms with van der Waals surface area (Å²) in [7, 11) is 0. The predicted octanol–water partition coefficient (Wildman–Crippen LogP) is 6.31. The van der Waals surface area contributed by atoms with Gasteiger partial charge in [0.25, 0.3) is 0 Å². The Morgan fingerprint density at radius 3 is 2.45 bits per heavy atom. The molecular weight excluding hydrogens is 640 g/mol. The smallest absolute Gasteiger partial charge is 0.310 e. The first-order valence-electron chi connectivity index (χ1n) is 15.7. The number of allylic oxidation sites excluding steroid dienone is 1. The van der Waals surface area contributed by atoms with Crippen LogP contribution in [0.15, 0.2) is 55.6 Å². The van der Waals surface area contributed by atoms with Crippen LogP contribution in [-0.4, -0.2) is 78.9 Å². The van der Waals surface area contributed by atoms with E-state index in [0.717, 1.165) is 31.2 Å². The van der Waals surface area contributed by atoms with Crippen molar-refractivity contribution in [2.75, 3.05) is 19.8 Å². The highest BCUT2D eigenvalue weighted by Gasteiger charge is 2.77. The molecule has 2 amide bonds. The fourth-order valence-corrected chi connectivity index (χ4v) is 11.5. The molecule has 3 aliphatic rings. The minimum absolute atomic E-state index is 0.0606. The number of fused-ring (bicyclic) bond motifs is 1. The third-order valence-electron chi connectivity index (χ3n) is 9.24. The summed E-state index contributed by atoms with van der Waals surface area (Å²) < 4.78 is 4.94. The van der Waals surface area contributed by atoms with Crippen LogP contribution in [-0.2, 0) is 19.1 Å². The Balaban J connectivity index is 1.80. The summed E-state index contributed by atoms with van der Waals surface area (Å²) in [6.07, 6.45) is 7.31. The molecule has 7 nitrogen and oxygen atoms in total. The van der Waals surface area contributed by atoms with E-state index >= 15 is 4.79 Å². The number of thioether (sulfide) groups is 1. The lowest BCUT2D eigenvalue weighted by molar-refractivity contribution is -0.154. The van der Waals surface area contributed by atoms with Crippen LogP contribution in [0.25, 0.3) is 0 Å². The van der Waals surface area contributed by atoms with Gasteiger partial charge >= 0.3 is 5.97 Å². The molecule has 3 fully saturated rings. The predicted molar refractivity (Wildman–Crippen MR) is 180 cm³/mol. The van der Waals surface area contributed by atoms with Crippen molar-refractivity contribution >= 4 is 45.5 Å². The van der Waals surface area contributed by atoms with E-state index in [-0.39, 0.29) is 46.5 Å². The zero-order valence-electron chi connectivity index (χ0n) is 26.8. The highest BCUT2D eigenvalue weighted by molar-refractivity contribution is 9.09. The SMILES string of the molecule is C=CCCCCOC(=O)[C@H]1[C@H]2C(=O)N([C@H](CO)c3ccccc3)C(C(=O)N(CC=C)C(C)(C)CC(C)(C)C)C23CC(Br)[C@@H]1S3. The first kappa shape index (κ1) is 34.8. The van der Waals surface area contributed by atoms with Crippen LogP contribution in [0.3, 0.4) is 0 Å². The largest absolute Gasteiger partial charge is 0.465 e. The van der Waals surface area contributed by atoms with Gasteiger partial charge < -0.3 is 19.6 Å². The lowest BCUT2D eigenvalue weighted by Gasteiger charge is -2.46. The average molecular weight is 690 g/mol. The van der Waals surface area contributed by atoms with Gasteiger partial charge in [0.2, 0.25) is 11.8 Å². The molecule has 0 aromatic heterocycles. The molecule has 3 aliphatic heterocycles. The Kier molecular flexibility index (Phi) is 10.8. The summed E-state index contributed by atoms with van der Waals surface area (Å²) in [4.78, 5) is 47.0. The lowest BCUT2D eigenvalue weighted by Crippen LogP contribution is -2.60. The number of esters is 1. The van der Waals surface area contributed by atoms with E-state index in [2.05, 4.69) is 63.7 Å². The van der Waals surface area contributed by atoms with Crippen molar-refractivity contribution in [3.63, 3.8) is 0 Å². The first-order chi connectivity index (χ1) is 20.7. The number of nitrogens with zero attached hydrogens (tertiary/aromatic N) is 2. The number of hydrogen-bond donors (Lipinski definition) is 1. The molecule has 9 heteroatoms. The second-order valence-corrected chi connectivity index (χ2v) is 17.0. The Morgan fingerprint density at radius 1 is 1.18 bits per heavy atom. The summed E-state index contributed by atoms with van der Waals surface area (Å²) in [6, 6.07) is 7.75. The molecule has 4 rings (SSSR count). The molecule has 0 aliphatic carbocycles. The second kappa shape index (κ2) is 13.7. The van der Waals surface area contributed by atoms with Gasteiger partial charge in [-0.2, -0.15) is 0 Å². The zero-order valence-corrected chi connectivity index (χ0v) is 29.2. The van der Waals surface area contributed by atoms with Crippen molar-refractivity contribution in [1.82, 2.24) is 9.80 Å². The van der Waals surface area contributed by atoms with E-state index in [4.69, 9.17) is 4.74 Å². The fraction of sp³-hybridized carbons (Fsp3) is 0.629. The maximum atomic E-state index is 15.1. The summed E-state index contributed by atoms with van der Waals surface area (Å²) in [5, 5.41) is 10.6. The number of aliphatic hydroxyl groups excluding tert-OH is 1. The van der Waals surface area contributed by atoms with Gasteiger partial charge in [0.15, 0.2) is 0 Å². The zero-order chi connectivity index (χ0) is 32.4. The molecular formula is C35H49BrN2O5S. The lowest BCUT2D eigenvalue weighted by atomic mass is 9.70. The van der Waals surface area contributed by atoms with Crippen LogP contribution in [0, 0.1) is 17.3 Å². The minimum Gasteiger partial charge on any atom is -0.465 e. The number of carbonyl (C=O) groups excluding carboxylic acids is 3. The monoisotopic (exact) mass is 688 g/mol. The number of benzene rings is 1. The molecule has 1 aromatic carbocycles. The molecule has 3 unspecified atom stereocenters. The van der Waals surface area contributed by atoms with Crippen LogP contribution < -0.4 is 0 Å². The van der Waals surface area contributed by atoms with Crippen molar-refractivity contribution in [2.45, 2.75) is 99.2 Å². The number of aliphatic hydroxyl groups is 1. The van der Waals surface area contributed by atoms with Crippen molar-refractivity contribution < 1.29 is 24.2 Å². The summed E-state index contributed by atoms with van der Waals surface area (Å²) in [5.74, 6) is -2.22. The molecule has 1 spiro atoms. The summed E-state index contributed by atoms with van der Waals surface area (Å²) >= 11 is 5.43.